The van der Waals surface area contributed by atoms with E-state index in [2.05, 4.69) is 0 Å². The van der Waals surface area contributed by atoms with Gasteiger partial charge in [-0.05, 0) is 17.7 Å². The zero-order chi connectivity index (χ0) is 13.0. The third kappa shape index (κ3) is 2.57. The number of ketones is 1. The minimum atomic E-state index is -1.14. The maximum Gasteiger partial charge on any atom is 0.195 e. The molecule has 2 rings (SSSR count). The zero-order valence-corrected chi connectivity index (χ0v) is 10.0. The second kappa shape index (κ2) is 5.47. The number of aliphatic hydroxyl groups is 1. The number of aliphatic hydroxyl groups excluding tert-OH is 1. The van der Waals surface area contributed by atoms with Gasteiger partial charge in [-0.3, -0.25) is 4.79 Å². The Morgan fingerprint density at radius 1 is 1.11 bits per heavy atom. The van der Waals surface area contributed by atoms with Gasteiger partial charge in [-0.25, -0.2) is 0 Å². The van der Waals surface area contributed by atoms with Gasteiger partial charge in [-0.2, -0.15) is 0 Å². The van der Waals surface area contributed by atoms with Crippen molar-refractivity contribution >= 4 is 5.78 Å². The largest absolute Gasteiger partial charge is 0.497 e. The predicted octanol–water partition coefficient (Wildman–Crippen LogP) is 2.61. The third-order valence-corrected chi connectivity index (χ3v) is 2.72. The number of carbonyl (C=O) groups is 1. The molecule has 18 heavy (non-hydrogen) atoms. The summed E-state index contributed by atoms with van der Waals surface area (Å²) >= 11 is 0. The zero-order valence-electron chi connectivity index (χ0n) is 10.0. The monoisotopic (exact) mass is 242 g/mol. The van der Waals surface area contributed by atoms with E-state index in [0.29, 0.717) is 16.9 Å². The number of hydrogen-bond donors (Lipinski definition) is 1. The fourth-order valence-corrected chi connectivity index (χ4v) is 1.72. The van der Waals surface area contributed by atoms with Crippen molar-refractivity contribution in [2.75, 3.05) is 7.11 Å². The van der Waals surface area contributed by atoms with E-state index in [1.807, 2.05) is 6.07 Å². The number of hydrogen-bond acceptors (Lipinski definition) is 3. The van der Waals surface area contributed by atoms with E-state index >= 15 is 0 Å². The molecule has 92 valence electrons. The number of methoxy groups -OCH3 is 1. The number of benzene rings is 2. The van der Waals surface area contributed by atoms with Gasteiger partial charge in [0.25, 0.3) is 0 Å². The molecule has 0 aliphatic rings. The molecule has 0 heterocycles. The number of Topliss-reactive ketones (excluding diaryl/α,β-unsaturated/α-hetero) is 1. The molecule has 2 aromatic carbocycles. The van der Waals surface area contributed by atoms with E-state index in [-0.39, 0.29) is 5.78 Å². The maximum atomic E-state index is 12.1. The molecule has 1 unspecified atom stereocenters. The summed E-state index contributed by atoms with van der Waals surface area (Å²) in [4.78, 5) is 12.1. The van der Waals surface area contributed by atoms with Gasteiger partial charge in [0.1, 0.15) is 11.9 Å². The summed E-state index contributed by atoms with van der Waals surface area (Å²) in [6, 6.07) is 15.6. The van der Waals surface area contributed by atoms with E-state index in [1.54, 1.807) is 48.5 Å². The Morgan fingerprint density at radius 3 is 2.50 bits per heavy atom. The topological polar surface area (TPSA) is 46.5 Å². The highest BCUT2D eigenvalue weighted by Gasteiger charge is 2.19. The lowest BCUT2D eigenvalue weighted by atomic mass is 10.00. The molecule has 0 spiro atoms. The summed E-state index contributed by atoms with van der Waals surface area (Å²) in [7, 11) is 1.54. The highest BCUT2D eigenvalue weighted by Crippen LogP contribution is 2.20. The van der Waals surface area contributed by atoms with Crippen LogP contribution in [0.3, 0.4) is 0 Å². The Balaban J connectivity index is 2.25. The van der Waals surface area contributed by atoms with Gasteiger partial charge < -0.3 is 9.84 Å². The normalized spacial score (nSPS) is 11.9. The third-order valence-electron chi connectivity index (χ3n) is 2.72. The van der Waals surface area contributed by atoms with Crippen molar-refractivity contribution in [2.45, 2.75) is 6.10 Å². The van der Waals surface area contributed by atoms with Crippen LogP contribution in [-0.2, 0) is 0 Å². The Morgan fingerprint density at radius 2 is 1.83 bits per heavy atom. The lowest BCUT2D eigenvalue weighted by molar-refractivity contribution is 0.0747. The van der Waals surface area contributed by atoms with Crippen LogP contribution in [0.5, 0.6) is 5.75 Å². The first-order valence-electron chi connectivity index (χ1n) is 5.63. The summed E-state index contributed by atoms with van der Waals surface area (Å²) in [5.41, 5.74) is 1.02. The van der Waals surface area contributed by atoms with Gasteiger partial charge in [0.15, 0.2) is 5.78 Å². The molecule has 0 amide bonds. The first-order valence-corrected chi connectivity index (χ1v) is 5.63. The second-order valence-electron chi connectivity index (χ2n) is 3.91. The second-order valence-corrected chi connectivity index (χ2v) is 3.91. The van der Waals surface area contributed by atoms with Crippen LogP contribution in [0.2, 0.25) is 0 Å². The molecule has 0 bridgehead atoms. The first kappa shape index (κ1) is 12.3. The fourth-order valence-electron chi connectivity index (χ4n) is 1.72. The van der Waals surface area contributed by atoms with Crippen LogP contribution < -0.4 is 4.74 Å². The molecule has 3 nitrogen and oxygen atoms in total. The van der Waals surface area contributed by atoms with Crippen molar-refractivity contribution < 1.29 is 14.6 Å². The van der Waals surface area contributed by atoms with Gasteiger partial charge in [0.2, 0.25) is 0 Å². The van der Waals surface area contributed by atoms with Crippen LogP contribution >= 0.6 is 0 Å². The van der Waals surface area contributed by atoms with Crippen molar-refractivity contribution in [3.05, 3.63) is 65.7 Å². The van der Waals surface area contributed by atoms with Crippen LogP contribution in [-0.4, -0.2) is 18.0 Å². The van der Waals surface area contributed by atoms with Crippen molar-refractivity contribution in [3.63, 3.8) is 0 Å². The molecule has 1 N–H and O–H groups in total. The summed E-state index contributed by atoms with van der Waals surface area (Å²) in [5.74, 6) is 0.265. The van der Waals surface area contributed by atoms with Crippen LogP contribution in [0.1, 0.15) is 22.0 Å². The average Bonchev–Trinajstić information content (AvgIpc) is 2.46. The molecular formula is C15H14O3. The van der Waals surface area contributed by atoms with Gasteiger partial charge >= 0.3 is 0 Å². The maximum absolute atomic E-state index is 12.1. The molecule has 0 saturated carbocycles. The van der Waals surface area contributed by atoms with E-state index in [4.69, 9.17) is 4.74 Å². The lowest BCUT2D eigenvalue weighted by Gasteiger charge is -2.10. The molecule has 3 heteroatoms. The first-order chi connectivity index (χ1) is 8.72. The highest BCUT2D eigenvalue weighted by molar-refractivity contribution is 6.00. The van der Waals surface area contributed by atoms with Crippen molar-refractivity contribution in [1.82, 2.24) is 0 Å². The molecule has 0 aromatic heterocycles. The summed E-state index contributed by atoms with van der Waals surface area (Å²) < 4.78 is 5.06. The number of rotatable bonds is 4. The SMILES string of the molecule is COc1cccc(C(=O)C(O)c2ccccc2)c1. The van der Waals surface area contributed by atoms with Crippen LogP contribution in [0.25, 0.3) is 0 Å². The quantitative estimate of drug-likeness (QED) is 0.838. The Labute approximate surface area is 106 Å². The lowest BCUT2D eigenvalue weighted by Crippen LogP contribution is -2.12. The van der Waals surface area contributed by atoms with Crippen molar-refractivity contribution in [1.29, 1.82) is 0 Å². The van der Waals surface area contributed by atoms with E-state index in [9.17, 15) is 9.90 Å². The van der Waals surface area contributed by atoms with Crippen LogP contribution in [0.4, 0.5) is 0 Å². The Kier molecular flexibility index (Phi) is 3.75. The highest BCUT2D eigenvalue weighted by atomic mass is 16.5. The Bertz CT molecular complexity index is 534. The standard InChI is InChI=1S/C15H14O3/c1-18-13-9-5-8-12(10-13)15(17)14(16)11-6-3-2-4-7-11/h2-10,14,16H,1H3. The molecule has 0 aliphatic heterocycles. The minimum Gasteiger partial charge on any atom is -0.497 e. The smallest absolute Gasteiger partial charge is 0.195 e. The summed E-state index contributed by atoms with van der Waals surface area (Å²) in [5, 5.41) is 10.0. The van der Waals surface area contributed by atoms with Crippen LogP contribution in [0, 0.1) is 0 Å². The van der Waals surface area contributed by atoms with Gasteiger partial charge in [-0.15, -0.1) is 0 Å². The van der Waals surface area contributed by atoms with Gasteiger partial charge in [0.05, 0.1) is 7.11 Å². The Hall–Kier alpha value is -2.13. The van der Waals surface area contributed by atoms with E-state index in [1.165, 1.54) is 7.11 Å². The molecule has 0 saturated heterocycles. The average molecular weight is 242 g/mol. The van der Waals surface area contributed by atoms with Crippen molar-refractivity contribution in [3.8, 4) is 5.75 Å². The number of carbonyl (C=O) groups excluding carboxylic acids is 1. The van der Waals surface area contributed by atoms with Crippen LogP contribution in [0.15, 0.2) is 54.6 Å². The fraction of sp³-hybridized carbons (Fsp3) is 0.133. The van der Waals surface area contributed by atoms with Gasteiger partial charge in [0, 0.05) is 5.56 Å². The van der Waals surface area contributed by atoms with E-state index < -0.39 is 6.10 Å². The number of ether oxygens (including phenoxy) is 1. The van der Waals surface area contributed by atoms with Gasteiger partial charge in [-0.1, -0.05) is 42.5 Å². The molecule has 0 fully saturated rings. The molecule has 0 radical (unpaired) electrons. The summed E-state index contributed by atoms with van der Waals surface area (Å²) in [6.45, 7) is 0. The molecule has 2 aromatic rings. The summed E-state index contributed by atoms with van der Waals surface area (Å²) in [6.07, 6.45) is -1.14. The molecule has 1 atom stereocenters. The minimum absolute atomic E-state index is 0.333. The van der Waals surface area contributed by atoms with E-state index in [0.717, 1.165) is 0 Å². The predicted molar refractivity (Wildman–Crippen MR) is 68.7 cm³/mol. The molecular weight excluding hydrogens is 228 g/mol. The van der Waals surface area contributed by atoms with Crippen molar-refractivity contribution in [2.24, 2.45) is 0 Å². The molecule has 0 aliphatic carbocycles.